The zero-order valence-electron chi connectivity index (χ0n) is 8.93. The fourth-order valence-electron chi connectivity index (χ4n) is 0.696. The molecule has 84 valence electrons. The summed E-state index contributed by atoms with van der Waals surface area (Å²) in [7, 11) is 0. The van der Waals surface area contributed by atoms with Crippen LogP contribution in [0.4, 0.5) is 4.79 Å². The third kappa shape index (κ3) is 9.99. The van der Waals surface area contributed by atoms with E-state index in [4.69, 9.17) is 16.3 Å². The van der Waals surface area contributed by atoms with Crippen molar-refractivity contribution >= 4 is 29.5 Å². The Kier molecular flexibility index (Phi) is 7.19. The van der Waals surface area contributed by atoms with Crippen LogP contribution in [0.25, 0.3) is 0 Å². The summed E-state index contributed by atoms with van der Waals surface area (Å²) in [5, 5.41) is 2.67. The van der Waals surface area contributed by atoms with Crippen LogP contribution < -0.4 is 5.32 Å². The van der Waals surface area contributed by atoms with Gasteiger partial charge in [-0.1, -0.05) is 0 Å². The number of hydrogen-bond acceptors (Lipinski definition) is 3. The second-order valence-corrected chi connectivity index (χ2v) is 5.33. The molecule has 0 aliphatic carbocycles. The van der Waals surface area contributed by atoms with Crippen LogP contribution in [-0.2, 0) is 4.74 Å². The first-order valence-electron chi connectivity index (χ1n) is 4.56. The van der Waals surface area contributed by atoms with Gasteiger partial charge in [0.15, 0.2) is 0 Å². The second kappa shape index (κ2) is 7.23. The molecule has 0 fully saturated rings. The van der Waals surface area contributed by atoms with Gasteiger partial charge in [-0.3, -0.25) is 0 Å². The van der Waals surface area contributed by atoms with E-state index in [9.17, 15) is 4.79 Å². The number of nitrogens with one attached hydrogen (secondary N) is 1. The molecule has 0 heterocycles. The van der Waals surface area contributed by atoms with E-state index < -0.39 is 5.60 Å². The number of carbonyl (C=O) groups excluding carboxylic acids is 1. The molecule has 0 aromatic heterocycles. The summed E-state index contributed by atoms with van der Waals surface area (Å²) in [6.07, 6.45) is -0.357. The summed E-state index contributed by atoms with van der Waals surface area (Å²) in [6.45, 7) is 6.15. The number of hydrogen-bond donors (Lipinski definition) is 1. The van der Waals surface area contributed by atoms with E-state index in [1.807, 2.05) is 20.8 Å². The molecule has 3 nitrogen and oxygen atoms in total. The van der Waals surface area contributed by atoms with Crippen molar-refractivity contribution in [2.75, 3.05) is 23.9 Å². The molecule has 0 bridgehead atoms. The molecule has 0 atom stereocenters. The van der Waals surface area contributed by atoms with E-state index in [0.29, 0.717) is 12.4 Å². The summed E-state index contributed by atoms with van der Waals surface area (Å²) in [4.78, 5) is 11.1. The maximum absolute atomic E-state index is 11.1. The Morgan fingerprint density at radius 3 is 2.57 bits per heavy atom. The molecule has 1 amide bonds. The van der Waals surface area contributed by atoms with E-state index in [0.717, 1.165) is 11.5 Å². The van der Waals surface area contributed by atoms with E-state index in [2.05, 4.69) is 5.32 Å². The molecule has 0 aliphatic rings. The number of rotatable bonds is 5. The van der Waals surface area contributed by atoms with Crippen molar-refractivity contribution in [2.45, 2.75) is 26.4 Å². The highest BCUT2D eigenvalue weighted by atomic mass is 35.5. The van der Waals surface area contributed by atoms with Crippen LogP contribution in [0.3, 0.4) is 0 Å². The Morgan fingerprint density at radius 2 is 2.07 bits per heavy atom. The molecule has 0 unspecified atom stereocenters. The number of alkyl carbamates (subject to hydrolysis) is 1. The minimum Gasteiger partial charge on any atom is -0.444 e. The first kappa shape index (κ1) is 13.9. The molecular weight excluding hydrogens is 222 g/mol. The molecular formula is C9H18ClNO2S. The second-order valence-electron chi connectivity index (χ2n) is 3.73. The Bertz CT molecular complexity index is 171. The maximum atomic E-state index is 11.1. The van der Waals surface area contributed by atoms with E-state index >= 15 is 0 Å². The zero-order valence-corrected chi connectivity index (χ0v) is 10.5. The number of alkyl halides is 1. The largest absolute Gasteiger partial charge is 0.444 e. The molecule has 0 saturated heterocycles. The fourth-order valence-corrected chi connectivity index (χ4v) is 1.58. The van der Waals surface area contributed by atoms with Gasteiger partial charge in [0.05, 0.1) is 0 Å². The van der Waals surface area contributed by atoms with Crippen molar-refractivity contribution in [3.8, 4) is 0 Å². The molecule has 0 aliphatic heterocycles. The summed E-state index contributed by atoms with van der Waals surface area (Å²) < 4.78 is 5.06. The summed E-state index contributed by atoms with van der Waals surface area (Å²) in [5.41, 5.74) is -0.423. The van der Waals surface area contributed by atoms with E-state index in [-0.39, 0.29) is 6.09 Å². The van der Waals surface area contributed by atoms with Gasteiger partial charge in [0.2, 0.25) is 0 Å². The van der Waals surface area contributed by atoms with Crippen molar-refractivity contribution in [3.05, 3.63) is 0 Å². The smallest absolute Gasteiger partial charge is 0.407 e. The number of thioether (sulfide) groups is 1. The van der Waals surface area contributed by atoms with Gasteiger partial charge in [-0.05, 0) is 20.8 Å². The van der Waals surface area contributed by atoms with Crippen molar-refractivity contribution < 1.29 is 9.53 Å². The van der Waals surface area contributed by atoms with E-state index in [1.54, 1.807) is 11.8 Å². The van der Waals surface area contributed by atoms with Gasteiger partial charge in [0, 0.05) is 23.9 Å². The lowest BCUT2D eigenvalue weighted by atomic mass is 10.2. The Morgan fingerprint density at radius 1 is 1.43 bits per heavy atom. The third-order valence-corrected chi connectivity index (χ3v) is 2.53. The van der Waals surface area contributed by atoms with Crippen LogP contribution in [-0.4, -0.2) is 35.6 Å². The Balaban J connectivity index is 3.36. The molecule has 5 heteroatoms. The van der Waals surface area contributed by atoms with Crippen LogP contribution in [0.1, 0.15) is 20.8 Å². The Hall–Kier alpha value is -0.0900. The van der Waals surface area contributed by atoms with Gasteiger partial charge in [-0.15, -0.1) is 11.6 Å². The molecule has 0 rings (SSSR count). The molecule has 0 radical (unpaired) electrons. The van der Waals surface area contributed by atoms with Crippen LogP contribution in [0.2, 0.25) is 0 Å². The number of amides is 1. The van der Waals surface area contributed by atoms with Crippen molar-refractivity contribution in [2.24, 2.45) is 0 Å². The topological polar surface area (TPSA) is 38.3 Å². The van der Waals surface area contributed by atoms with Crippen LogP contribution in [0, 0.1) is 0 Å². The number of ether oxygens (including phenoxy) is 1. The van der Waals surface area contributed by atoms with Crippen molar-refractivity contribution in [1.29, 1.82) is 0 Å². The fraction of sp³-hybridized carbons (Fsp3) is 0.889. The number of halogens is 1. The highest BCUT2D eigenvalue weighted by Gasteiger charge is 2.15. The number of carbonyl (C=O) groups is 1. The lowest BCUT2D eigenvalue weighted by Crippen LogP contribution is -2.33. The van der Waals surface area contributed by atoms with Crippen molar-refractivity contribution in [3.63, 3.8) is 0 Å². The molecule has 14 heavy (non-hydrogen) atoms. The molecule has 0 saturated carbocycles. The van der Waals surface area contributed by atoms with Crippen molar-refractivity contribution in [1.82, 2.24) is 5.32 Å². The highest BCUT2D eigenvalue weighted by molar-refractivity contribution is 7.99. The molecule has 0 aromatic rings. The van der Waals surface area contributed by atoms with Gasteiger partial charge in [-0.25, -0.2) is 4.79 Å². The molecule has 0 spiro atoms. The third-order valence-electron chi connectivity index (χ3n) is 1.14. The summed E-state index contributed by atoms with van der Waals surface area (Å²) in [5.74, 6) is 2.43. The minimum absolute atomic E-state index is 0.357. The average Bonchev–Trinajstić information content (AvgIpc) is 2.00. The lowest BCUT2D eigenvalue weighted by Gasteiger charge is -2.19. The predicted octanol–water partition coefficient (Wildman–Crippen LogP) is 2.48. The minimum atomic E-state index is -0.423. The van der Waals surface area contributed by atoms with Crippen LogP contribution in [0.5, 0.6) is 0 Å². The first-order chi connectivity index (χ1) is 6.45. The van der Waals surface area contributed by atoms with Gasteiger partial charge in [0.25, 0.3) is 0 Å². The maximum Gasteiger partial charge on any atom is 0.407 e. The highest BCUT2D eigenvalue weighted by Crippen LogP contribution is 2.06. The molecule has 0 aromatic carbocycles. The first-order valence-corrected chi connectivity index (χ1v) is 6.25. The Labute approximate surface area is 94.9 Å². The quantitative estimate of drug-likeness (QED) is 0.592. The zero-order chi connectivity index (χ0) is 11.0. The summed E-state index contributed by atoms with van der Waals surface area (Å²) >= 11 is 7.21. The predicted molar refractivity (Wildman–Crippen MR) is 62.3 cm³/mol. The normalized spacial score (nSPS) is 11.1. The lowest BCUT2D eigenvalue weighted by molar-refractivity contribution is 0.0531. The standard InChI is InChI=1S/C9H18ClNO2S/c1-9(2,3)13-8(12)11-5-7-14-6-4-10/h4-7H2,1-3H3,(H,11,12). The van der Waals surface area contributed by atoms with E-state index in [1.165, 1.54) is 0 Å². The van der Waals surface area contributed by atoms with Gasteiger partial charge in [-0.2, -0.15) is 11.8 Å². The van der Waals surface area contributed by atoms with Crippen LogP contribution >= 0.6 is 23.4 Å². The molecule has 1 N–H and O–H groups in total. The van der Waals surface area contributed by atoms with Gasteiger partial charge < -0.3 is 10.1 Å². The van der Waals surface area contributed by atoms with Gasteiger partial charge >= 0.3 is 6.09 Å². The van der Waals surface area contributed by atoms with Crippen LogP contribution in [0.15, 0.2) is 0 Å². The summed E-state index contributed by atoms with van der Waals surface area (Å²) in [6, 6.07) is 0. The average molecular weight is 240 g/mol. The SMILES string of the molecule is CC(C)(C)OC(=O)NCCSCCCl. The monoisotopic (exact) mass is 239 g/mol. The van der Waals surface area contributed by atoms with Gasteiger partial charge in [0.1, 0.15) is 5.60 Å².